The number of nitrogen functional groups attached to an aromatic ring is 1. The lowest BCUT2D eigenvalue weighted by Crippen LogP contribution is -2.38. The van der Waals surface area contributed by atoms with Gasteiger partial charge in [0.05, 0.1) is 13.1 Å². The van der Waals surface area contributed by atoms with E-state index in [1.165, 1.54) is 0 Å². The standard InChI is InChI=1S/C14H17N5O2/c15-12-4-2-11(3-5-12)14(21)17-10-13(20)16-7-9-19-8-1-6-18-19/h1-6,8H,7,9-10,15H2,(H,16,20)(H,17,21). The Morgan fingerprint density at radius 3 is 2.62 bits per heavy atom. The molecular weight excluding hydrogens is 270 g/mol. The van der Waals surface area contributed by atoms with E-state index in [1.807, 2.05) is 12.3 Å². The fourth-order valence-electron chi connectivity index (χ4n) is 1.70. The fraction of sp³-hybridized carbons (Fsp3) is 0.214. The number of nitrogens with one attached hydrogen (secondary N) is 2. The van der Waals surface area contributed by atoms with Crippen LogP contribution in [0.1, 0.15) is 10.4 Å². The molecule has 0 saturated heterocycles. The zero-order valence-corrected chi connectivity index (χ0v) is 11.5. The van der Waals surface area contributed by atoms with Crippen LogP contribution in [0.2, 0.25) is 0 Å². The quantitative estimate of drug-likeness (QED) is 0.651. The predicted molar refractivity (Wildman–Crippen MR) is 78.4 cm³/mol. The van der Waals surface area contributed by atoms with Crippen LogP contribution < -0.4 is 16.4 Å². The molecule has 7 nitrogen and oxygen atoms in total. The van der Waals surface area contributed by atoms with Crippen LogP contribution in [0.3, 0.4) is 0 Å². The van der Waals surface area contributed by atoms with Crippen molar-refractivity contribution in [2.75, 3.05) is 18.8 Å². The first kappa shape index (κ1) is 14.6. The van der Waals surface area contributed by atoms with Crippen molar-refractivity contribution in [2.24, 2.45) is 0 Å². The van der Waals surface area contributed by atoms with Crippen molar-refractivity contribution in [1.82, 2.24) is 20.4 Å². The van der Waals surface area contributed by atoms with E-state index in [0.29, 0.717) is 24.3 Å². The number of carbonyl (C=O) groups is 2. The van der Waals surface area contributed by atoms with Crippen molar-refractivity contribution in [3.63, 3.8) is 0 Å². The topological polar surface area (TPSA) is 102 Å². The Morgan fingerprint density at radius 1 is 1.19 bits per heavy atom. The molecule has 0 spiro atoms. The molecule has 2 aromatic rings. The minimum Gasteiger partial charge on any atom is -0.399 e. The molecule has 0 fully saturated rings. The molecule has 0 radical (unpaired) electrons. The molecule has 0 atom stereocenters. The number of hydrogen-bond donors (Lipinski definition) is 3. The van der Waals surface area contributed by atoms with E-state index in [0.717, 1.165) is 0 Å². The predicted octanol–water partition coefficient (Wildman–Crippen LogP) is 0.0115. The van der Waals surface area contributed by atoms with Crippen molar-refractivity contribution in [3.8, 4) is 0 Å². The van der Waals surface area contributed by atoms with E-state index in [2.05, 4.69) is 15.7 Å². The highest BCUT2D eigenvalue weighted by Gasteiger charge is 2.07. The molecule has 1 aromatic carbocycles. The molecule has 0 unspecified atom stereocenters. The maximum atomic E-state index is 11.8. The van der Waals surface area contributed by atoms with Crippen LogP contribution in [0.5, 0.6) is 0 Å². The lowest BCUT2D eigenvalue weighted by atomic mass is 10.2. The molecular formula is C14H17N5O2. The average Bonchev–Trinajstić information content (AvgIpc) is 2.99. The number of hydrogen-bond acceptors (Lipinski definition) is 4. The SMILES string of the molecule is Nc1ccc(C(=O)NCC(=O)NCCn2cccn2)cc1. The highest BCUT2D eigenvalue weighted by Crippen LogP contribution is 2.04. The van der Waals surface area contributed by atoms with E-state index in [1.54, 1.807) is 35.1 Å². The summed E-state index contributed by atoms with van der Waals surface area (Å²) >= 11 is 0. The number of aromatic nitrogens is 2. The zero-order chi connectivity index (χ0) is 15.1. The largest absolute Gasteiger partial charge is 0.399 e. The third kappa shape index (κ3) is 4.64. The van der Waals surface area contributed by atoms with Gasteiger partial charge in [-0.05, 0) is 30.3 Å². The van der Waals surface area contributed by atoms with Gasteiger partial charge in [0.2, 0.25) is 5.91 Å². The molecule has 1 aromatic heterocycles. The van der Waals surface area contributed by atoms with Gasteiger partial charge in [-0.2, -0.15) is 5.10 Å². The normalized spacial score (nSPS) is 10.1. The first-order chi connectivity index (χ1) is 10.1. The summed E-state index contributed by atoms with van der Waals surface area (Å²) in [5.74, 6) is -0.553. The van der Waals surface area contributed by atoms with E-state index < -0.39 is 0 Å². The fourth-order valence-corrected chi connectivity index (χ4v) is 1.70. The highest BCUT2D eigenvalue weighted by molar-refractivity contribution is 5.96. The lowest BCUT2D eigenvalue weighted by Gasteiger charge is -2.07. The summed E-state index contributed by atoms with van der Waals surface area (Å²) in [4.78, 5) is 23.4. The molecule has 2 amide bonds. The van der Waals surface area contributed by atoms with Crippen LogP contribution in [-0.2, 0) is 11.3 Å². The van der Waals surface area contributed by atoms with Crippen molar-refractivity contribution in [3.05, 3.63) is 48.3 Å². The summed E-state index contributed by atoms with van der Waals surface area (Å²) in [5, 5.41) is 9.27. The molecule has 4 N–H and O–H groups in total. The smallest absolute Gasteiger partial charge is 0.251 e. The van der Waals surface area contributed by atoms with Gasteiger partial charge in [0.25, 0.3) is 5.91 Å². The Hall–Kier alpha value is -2.83. The Morgan fingerprint density at radius 2 is 1.95 bits per heavy atom. The first-order valence-corrected chi connectivity index (χ1v) is 6.53. The van der Waals surface area contributed by atoms with Gasteiger partial charge in [0.1, 0.15) is 0 Å². The molecule has 0 saturated carbocycles. The molecule has 1 heterocycles. The van der Waals surface area contributed by atoms with Crippen molar-refractivity contribution < 1.29 is 9.59 Å². The van der Waals surface area contributed by atoms with Crippen LogP contribution >= 0.6 is 0 Å². The lowest BCUT2D eigenvalue weighted by molar-refractivity contribution is -0.120. The maximum absolute atomic E-state index is 11.8. The first-order valence-electron chi connectivity index (χ1n) is 6.53. The van der Waals surface area contributed by atoms with Gasteiger partial charge in [-0.3, -0.25) is 14.3 Å². The number of rotatable bonds is 6. The number of benzene rings is 1. The Kier molecular flexibility index (Phi) is 4.92. The molecule has 7 heteroatoms. The average molecular weight is 287 g/mol. The molecule has 0 bridgehead atoms. The van der Waals surface area contributed by atoms with Gasteiger partial charge < -0.3 is 16.4 Å². The van der Waals surface area contributed by atoms with E-state index >= 15 is 0 Å². The minimum atomic E-state index is -0.308. The summed E-state index contributed by atoms with van der Waals surface area (Å²) in [6.45, 7) is 0.977. The maximum Gasteiger partial charge on any atom is 0.251 e. The molecule has 0 aliphatic rings. The van der Waals surface area contributed by atoms with Crippen LogP contribution in [0.15, 0.2) is 42.7 Å². The third-order valence-electron chi connectivity index (χ3n) is 2.80. The second-order valence-corrected chi connectivity index (χ2v) is 4.42. The van der Waals surface area contributed by atoms with E-state index in [4.69, 9.17) is 5.73 Å². The molecule has 0 aliphatic carbocycles. The summed E-state index contributed by atoms with van der Waals surface area (Å²) in [7, 11) is 0. The van der Waals surface area contributed by atoms with Gasteiger partial charge in [-0.1, -0.05) is 0 Å². The Bertz CT molecular complexity index is 592. The molecule has 0 aliphatic heterocycles. The monoisotopic (exact) mass is 287 g/mol. The van der Waals surface area contributed by atoms with Crippen LogP contribution in [0.4, 0.5) is 5.69 Å². The number of anilines is 1. The van der Waals surface area contributed by atoms with Crippen molar-refractivity contribution in [2.45, 2.75) is 6.54 Å². The van der Waals surface area contributed by atoms with E-state index in [-0.39, 0.29) is 18.4 Å². The van der Waals surface area contributed by atoms with Crippen molar-refractivity contribution in [1.29, 1.82) is 0 Å². The van der Waals surface area contributed by atoms with E-state index in [9.17, 15) is 9.59 Å². The summed E-state index contributed by atoms with van der Waals surface area (Å²) in [6, 6.07) is 8.31. The van der Waals surface area contributed by atoms with Gasteiger partial charge in [0.15, 0.2) is 0 Å². The summed E-state index contributed by atoms with van der Waals surface area (Å²) in [6.07, 6.45) is 3.49. The van der Waals surface area contributed by atoms with Gasteiger partial charge in [-0.25, -0.2) is 0 Å². The van der Waals surface area contributed by atoms with Crippen LogP contribution in [0.25, 0.3) is 0 Å². The van der Waals surface area contributed by atoms with Crippen molar-refractivity contribution >= 4 is 17.5 Å². The van der Waals surface area contributed by atoms with Crippen LogP contribution in [-0.4, -0.2) is 34.7 Å². The van der Waals surface area contributed by atoms with Gasteiger partial charge in [0, 0.05) is 30.2 Å². The Balaban J connectivity index is 1.68. The number of carbonyl (C=O) groups excluding carboxylic acids is 2. The second kappa shape index (κ2) is 7.09. The Labute approximate surface area is 122 Å². The second-order valence-electron chi connectivity index (χ2n) is 4.42. The van der Waals surface area contributed by atoms with Crippen LogP contribution in [0, 0.1) is 0 Å². The number of amides is 2. The van der Waals surface area contributed by atoms with Gasteiger partial charge >= 0.3 is 0 Å². The molecule has 2 rings (SSSR count). The minimum absolute atomic E-state index is 0.0671. The molecule has 110 valence electrons. The van der Waals surface area contributed by atoms with Gasteiger partial charge in [-0.15, -0.1) is 0 Å². The third-order valence-corrected chi connectivity index (χ3v) is 2.80. The summed E-state index contributed by atoms with van der Waals surface area (Å²) in [5.41, 5.74) is 6.59. The highest BCUT2D eigenvalue weighted by atomic mass is 16.2. The number of nitrogens with two attached hydrogens (primary N) is 1. The zero-order valence-electron chi connectivity index (χ0n) is 11.5. The number of nitrogens with zero attached hydrogens (tertiary/aromatic N) is 2. The molecule has 21 heavy (non-hydrogen) atoms. The summed E-state index contributed by atoms with van der Waals surface area (Å²) < 4.78 is 1.72.